The predicted octanol–water partition coefficient (Wildman–Crippen LogP) is 3.53. The summed E-state index contributed by atoms with van der Waals surface area (Å²) in [7, 11) is 0. The first kappa shape index (κ1) is 12.4. The molecule has 0 fully saturated rings. The molecule has 0 aliphatic rings. The van der Waals surface area contributed by atoms with Gasteiger partial charge in [-0.05, 0) is 18.6 Å². The summed E-state index contributed by atoms with van der Waals surface area (Å²) in [5, 5.41) is 9.03. The van der Waals surface area contributed by atoms with Crippen molar-refractivity contribution >= 4 is 17.6 Å². The summed E-state index contributed by atoms with van der Waals surface area (Å²) in [6.45, 7) is 1.89. The minimum absolute atomic E-state index is 0.0322. The zero-order valence-electron chi connectivity index (χ0n) is 9.55. The highest BCUT2D eigenvalue weighted by atomic mass is 35.5. The highest BCUT2D eigenvalue weighted by molar-refractivity contribution is 6.33. The monoisotopic (exact) mass is 263 g/mol. The van der Waals surface area contributed by atoms with Gasteiger partial charge in [0.25, 0.3) is 0 Å². The van der Waals surface area contributed by atoms with Crippen LogP contribution < -0.4 is 4.74 Å². The second-order valence-electron chi connectivity index (χ2n) is 3.68. The second-order valence-corrected chi connectivity index (χ2v) is 4.08. The van der Waals surface area contributed by atoms with E-state index in [1.807, 2.05) is 25.1 Å². The summed E-state index contributed by atoms with van der Waals surface area (Å²) in [5.74, 6) is -0.285. The van der Waals surface area contributed by atoms with Crippen LogP contribution in [0.5, 0.6) is 11.6 Å². The normalized spacial score (nSPS) is 10.1. The Morgan fingerprint density at radius 3 is 2.78 bits per heavy atom. The second kappa shape index (κ2) is 5.06. The number of aromatic carboxylic acids is 1. The minimum Gasteiger partial charge on any atom is -0.478 e. The molecule has 2 rings (SSSR count). The Morgan fingerprint density at radius 1 is 1.39 bits per heavy atom. The minimum atomic E-state index is -1.11. The highest BCUT2D eigenvalue weighted by Crippen LogP contribution is 2.25. The standard InChI is InChI=1S/C13H10ClNO3/c1-8-4-2-3-5-11(8)18-12-6-9(13(16)17)10(14)7-15-12/h2-7H,1H3,(H,16,17). The van der Waals surface area contributed by atoms with E-state index in [4.69, 9.17) is 21.4 Å². The topological polar surface area (TPSA) is 59.4 Å². The van der Waals surface area contributed by atoms with Gasteiger partial charge in [0.15, 0.2) is 0 Å². The van der Waals surface area contributed by atoms with Crippen molar-refractivity contribution in [2.45, 2.75) is 6.92 Å². The van der Waals surface area contributed by atoms with Gasteiger partial charge in [0.2, 0.25) is 5.88 Å². The van der Waals surface area contributed by atoms with Gasteiger partial charge in [-0.25, -0.2) is 9.78 Å². The smallest absolute Gasteiger partial charge is 0.337 e. The van der Waals surface area contributed by atoms with Crippen molar-refractivity contribution in [3.8, 4) is 11.6 Å². The maximum Gasteiger partial charge on any atom is 0.337 e. The lowest BCUT2D eigenvalue weighted by atomic mass is 10.2. The van der Waals surface area contributed by atoms with Crippen molar-refractivity contribution in [3.63, 3.8) is 0 Å². The zero-order valence-corrected chi connectivity index (χ0v) is 10.3. The number of carboxylic acids is 1. The number of aryl methyl sites for hydroxylation is 1. The van der Waals surface area contributed by atoms with Gasteiger partial charge in [-0.1, -0.05) is 29.8 Å². The van der Waals surface area contributed by atoms with E-state index in [9.17, 15) is 4.79 Å². The van der Waals surface area contributed by atoms with Crippen molar-refractivity contribution in [1.29, 1.82) is 0 Å². The Labute approximate surface area is 109 Å². The van der Waals surface area contributed by atoms with Crippen LogP contribution in [0.1, 0.15) is 15.9 Å². The lowest BCUT2D eigenvalue weighted by Gasteiger charge is -2.08. The van der Waals surface area contributed by atoms with Gasteiger partial charge >= 0.3 is 5.97 Å². The van der Waals surface area contributed by atoms with Crippen LogP contribution >= 0.6 is 11.6 Å². The predicted molar refractivity (Wildman–Crippen MR) is 67.5 cm³/mol. The van der Waals surface area contributed by atoms with Gasteiger partial charge in [-0.3, -0.25) is 0 Å². The number of halogens is 1. The van der Waals surface area contributed by atoms with Crippen LogP contribution in [-0.2, 0) is 0 Å². The third kappa shape index (κ3) is 2.60. The van der Waals surface area contributed by atoms with Crippen LogP contribution in [0, 0.1) is 6.92 Å². The number of hydrogen-bond donors (Lipinski definition) is 1. The number of carboxylic acid groups (broad SMARTS) is 1. The van der Waals surface area contributed by atoms with Crippen molar-refractivity contribution in [2.24, 2.45) is 0 Å². The van der Waals surface area contributed by atoms with Crippen molar-refractivity contribution < 1.29 is 14.6 Å². The summed E-state index contributed by atoms with van der Waals surface area (Å²) in [5.41, 5.74) is 0.904. The molecule has 1 N–H and O–H groups in total. The van der Waals surface area contributed by atoms with Crippen LogP contribution in [0.4, 0.5) is 0 Å². The van der Waals surface area contributed by atoms with Gasteiger partial charge in [-0.2, -0.15) is 0 Å². The van der Waals surface area contributed by atoms with Crippen LogP contribution in [-0.4, -0.2) is 16.1 Å². The summed E-state index contributed by atoms with van der Waals surface area (Å²) < 4.78 is 5.52. The number of nitrogens with zero attached hydrogens (tertiary/aromatic N) is 1. The third-order valence-electron chi connectivity index (χ3n) is 2.37. The Hall–Kier alpha value is -2.07. The molecule has 0 saturated heterocycles. The van der Waals surface area contributed by atoms with Gasteiger partial charge in [-0.15, -0.1) is 0 Å². The molecule has 1 aromatic carbocycles. The van der Waals surface area contributed by atoms with Crippen LogP contribution in [0.15, 0.2) is 36.5 Å². The number of para-hydroxylation sites is 1. The molecule has 0 bridgehead atoms. The average Bonchev–Trinajstić information content (AvgIpc) is 2.34. The molecule has 1 aromatic heterocycles. The fourth-order valence-corrected chi connectivity index (χ4v) is 1.61. The maximum absolute atomic E-state index is 10.9. The molecule has 0 aliphatic heterocycles. The molecule has 1 heterocycles. The summed E-state index contributed by atoms with van der Waals surface area (Å²) in [6, 6.07) is 8.70. The van der Waals surface area contributed by atoms with E-state index in [1.54, 1.807) is 6.07 Å². The van der Waals surface area contributed by atoms with Gasteiger partial charge < -0.3 is 9.84 Å². The van der Waals surface area contributed by atoms with E-state index >= 15 is 0 Å². The first-order valence-electron chi connectivity index (χ1n) is 5.20. The fraction of sp³-hybridized carbons (Fsp3) is 0.0769. The molecule has 0 unspecified atom stereocenters. The van der Waals surface area contributed by atoms with Gasteiger partial charge in [0.05, 0.1) is 16.8 Å². The molecular formula is C13H10ClNO3. The van der Waals surface area contributed by atoms with Gasteiger partial charge in [0, 0.05) is 6.07 Å². The first-order valence-corrected chi connectivity index (χ1v) is 5.58. The summed E-state index contributed by atoms with van der Waals surface area (Å²) in [4.78, 5) is 14.9. The van der Waals surface area contributed by atoms with Crippen molar-refractivity contribution in [2.75, 3.05) is 0 Å². The number of aromatic nitrogens is 1. The van der Waals surface area contributed by atoms with Crippen LogP contribution in [0.3, 0.4) is 0 Å². The Bertz CT molecular complexity index is 599. The van der Waals surface area contributed by atoms with E-state index in [1.165, 1.54) is 12.3 Å². The maximum atomic E-state index is 10.9. The zero-order chi connectivity index (χ0) is 13.1. The number of benzene rings is 1. The molecule has 0 amide bonds. The molecule has 0 saturated carbocycles. The first-order chi connectivity index (χ1) is 8.58. The molecule has 18 heavy (non-hydrogen) atoms. The average molecular weight is 264 g/mol. The molecule has 92 valence electrons. The molecule has 0 aliphatic carbocycles. The number of ether oxygens (including phenoxy) is 1. The highest BCUT2D eigenvalue weighted by Gasteiger charge is 2.11. The Morgan fingerprint density at radius 2 is 2.11 bits per heavy atom. The van der Waals surface area contributed by atoms with Crippen LogP contribution in [0.25, 0.3) is 0 Å². The summed E-state index contributed by atoms with van der Waals surface area (Å²) >= 11 is 5.73. The van der Waals surface area contributed by atoms with E-state index in [0.717, 1.165) is 5.56 Å². The van der Waals surface area contributed by atoms with E-state index in [2.05, 4.69) is 4.98 Å². The Balaban J connectivity index is 2.33. The Kier molecular flexibility index (Phi) is 3.48. The van der Waals surface area contributed by atoms with E-state index < -0.39 is 5.97 Å². The molecule has 4 nitrogen and oxygen atoms in total. The molecule has 0 atom stereocenters. The van der Waals surface area contributed by atoms with E-state index in [-0.39, 0.29) is 16.5 Å². The number of rotatable bonds is 3. The third-order valence-corrected chi connectivity index (χ3v) is 2.67. The lowest BCUT2D eigenvalue weighted by Crippen LogP contribution is -1.99. The molecule has 2 aromatic rings. The lowest BCUT2D eigenvalue weighted by molar-refractivity contribution is 0.0696. The molecule has 5 heteroatoms. The number of carbonyl (C=O) groups is 1. The number of pyridine rings is 1. The fourth-order valence-electron chi connectivity index (χ4n) is 1.42. The van der Waals surface area contributed by atoms with Gasteiger partial charge in [0.1, 0.15) is 5.75 Å². The van der Waals surface area contributed by atoms with Crippen LogP contribution in [0.2, 0.25) is 5.02 Å². The summed E-state index contributed by atoms with van der Waals surface area (Å²) in [6.07, 6.45) is 1.26. The molecular weight excluding hydrogens is 254 g/mol. The number of hydrogen-bond acceptors (Lipinski definition) is 3. The van der Waals surface area contributed by atoms with Crippen molar-refractivity contribution in [3.05, 3.63) is 52.7 Å². The molecule has 0 spiro atoms. The quantitative estimate of drug-likeness (QED) is 0.920. The molecule has 0 radical (unpaired) electrons. The van der Waals surface area contributed by atoms with Crippen molar-refractivity contribution in [1.82, 2.24) is 4.98 Å². The van der Waals surface area contributed by atoms with E-state index in [0.29, 0.717) is 5.75 Å². The SMILES string of the molecule is Cc1ccccc1Oc1cc(C(=O)O)c(Cl)cn1. The largest absolute Gasteiger partial charge is 0.478 e.